The van der Waals surface area contributed by atoms with Crippen molar-refractivity contribution >= 4 is 17.5 Å². The predicted molar refractivity (Wildman–Crippen MR) is 76.3 cm³/mol. The van der Waals surface area contributed by atoms with E-state index >= 15 is 0 Å². The van der Waals surface area contributed by atoms with Crippen LogP contribution in [0.3, 0.4) is 0 Å². The van der Waals surface area contributed by atoms with Crippen LogP contribution in [0.2, 0.25) is 0 Å². The highest BCUT2D eigenvalue weighted by atomic mass is 16.5. The van der Waals surface area contributed by atoms with Gasteiger partial charge in [0.2, 0.25) is 5.91 Å². The molecule has 0 spiro atoms. The molecule has 0 radical (unpaired) electrons. The van der Waals surface area contributed by atoms with Gasteiger partial charge in [-0.15, -0.1) is 0 Å². The van der Waals surface area contributed by atoms with Gasteiger partial charge in [0.15, 0.2) is 0 Å². The fraction of sp³-hybridized carbons (Fsp3) is 0.467. The summed E-state index contributed by atoms with van der Waals surface area (Å²) in [4.78, 5) is 25.8. The lowest BCUT2D eigenvalue weighted by Crippen LogP contribution is -2.49. The third-order valence-corrected chi connectivity index (χ3v) is 3.19. The summed E-state index contributed by atoms with van der Waals surface area (Å²) >= 11 is 0. The minimum Gasteiger partial charge on any atom is -0.366 e. The van der Waals surface area contributed by atoms with E-state index in [0.29, 0.717) is 13.2 Å². The van der Waals surface area contributed by atoms with Gasteiger partial charge in [-0.25, -0.2) is 0 Å². The Morgan fingerprint density at radius 2 is 2.15 bits per heavy atom. The van der Waals surface area contributed by atoms with Gasteiger partial charge in [-0.2, -0.15) is 0 Å². The Labute approximate surface area is 118 Å². The number of anilines is 1. The largest absolute Gasteiger partial charge is 0.366 e. The van der Waals surface area contributed by atoms with Crippen LogP contribution in [0.25, 0.3) is 0 Å². The molecule has 1 unspecified atom stereocenters. The maximum Gasteiger partial charge on any atom is 0.252 e. The summed E-state index contributed by atoms with van der Waals surface area (Å²) in [5.41, 5.74) is 0.728. The first-order valence-corrected chi connectivity index (χ1v) is 6.96. The number of rotatable bonds is 5. The molecule has 1 heterocycles. The van der Waals surface area contributed by atoms with Gasteiger partial charge in [0.05, 0.1) is 13.0 Å². The Morgan fingerprint density at radius 1 is 1.40 bits per heavy atom. The topological polar surface area (TPSA) is 58.6 Å². The summed E-state index contributed by atoms with van der Waals surface area (Å²) in [7, 11) is 0. The van der Waals surface area contributed by atoms with E-state index in [1.54, 1.807) is 4.90 Å². The predicted octanol–water partition coefficient (Wildman–Crippen LogP) is 1.65. The molecule has 1 aromatic rings. The molecule has 20 heavy (non-hydrogen) atoms. The minimum absolute atomic E-state index is 0.0634. The lowest BCUT2D eigenvalue weighted by Gasteiger charge is -2.32. The molecule has 1 aromatic carbocycles. The Hall–Kier alpha value is -1.88. The number of carbonyl (C=O) groups excluding carboxylic acids is 2. The molecule has 1 fully saturated rings. The zero-order valence-electron chi connectivity index (χ0n) is 11.7. The van der Waals surface area contributed by atoms with Gasteiger partial charge in [0, 0.05) is 18.8 Å². The van der Waals surface area contributed by atoms with Crippen LogP contribution in [0, 0.1) is 0 Å². The maximum absolute atomic E-state index is 12.1. The average molecular weight is 276 g/mol. The van der Waals surface area contributed by atoms with Gasteiger partial charge in [-0.05, 0) is 18.6 Å². The summed E-state index contributed by atoms with van der Waals surface area (Å²) in [6.45, 7) is 3.86. The first-order chi connectivity index (χ1) is 9.70. The highest BCUT2D eigenvalue weighted by Gasteiger charge is 2.30. The van der Waals surface area contributed by atoms with Crippen LogP contribution in [0.1, 0.15) is 19.8 Å². The van der Waals surface area contributed by atoms with Crippen LogP contribution < -0.4 is 5.32 Å². The number of para-hydroxylation sites is 1. The molecule has 1 atom stereocenters. The Kier molecular flexibility index (Phi) is 5.12. The van der Waals surface area contributed by atoms with Gasteiger partial charge in [-0.1, -0.05) is 25.1 Å². The molecular formula is C15H20N2O3. The number of morpholine rings is 1. The molecule has 5 heteroatoms. The van der Waals surface area contributed by atoms with E-state index < -0.39 is 6.10 Å². The van der Waals surface area contributed by atoms with Crippen LogP contribution in [-0.4, -0.2) is 42.5 Å². The highest BCUT2D eigenvalue weighted by Crippen LogP contribution is 2.13. The third kappa shape index (κ3) is 3.81. The van der Waals surface area contributed by atoms with Gasteiger partial charge >= 0.3 is 0 Å². The first-order valence-electron chi connectivity index (χ1n) is 6.96. The van der Waals surface area contributed by atoms with E-state index in [-0.39, 0.29) is 18.2 Å². The summed E-state index contributed by atoms with van der Waals surface area (Å²) in [6, 6.07) is 9.20. The number of hydrogen-bond acceptors (Lipinski definition) is 3. The molecule has 108 valence electrons. The highest BCUT2D eigenvalue weighted by molar-refractivity contribution is 5.95. The molecule has 2 amide bonds. The molecule has 0 saturated carbocycles. The zero-order chi connectivity index (χ0) is 14.4. The van der Waals surface area contributed by atoms with Crippen molar-refractivity contribution in [1.82, 2.24) is 4.90 Å². The molecule has 1 aliphatic heterocycles. The van der Waals surface area contributed by atoms with Crippen LogP contribution in [0.4, 0.5) is 5.69 Å². The number of nitrogens with one attached hydrogen (secondary N) is 1. The van der Waals surface area contributed by atoms with E-state index in [2.05, 4.69) is 5.32 Å². The fourth-order valence-corrected chi connectivity index (χ4v) is 2.23. The van der Waals surface area contributed by atoms with E-state index in [1.807, 2.05) is 37.3 Å². The van der Waals surface area contributed by atoms with Crippen LogP contribution in [0.5, 0.6) is 0 Å². The molecule has 2 rings (SSSR count). The maximum atomic E-state index is 12.1. The molecular weight excluding hydrogens is 256 g/mol. The van der Waals surface area contributed by atoms with Crippen molar-refractivity contribution in [3.05, 3.63) is 30.3 Å². The van der Waals surface area contributed by atoms with Gasteiger partial charge in [0.1, 0.15) is 6.10 Å². The molecule has 0 aromatic heterocycles. The Balaban J connectivity index is 1.88. The van der Waals surface area contributed by atoms with Crippen molar-refractivity contribution < 1.29 is 14.3 Å². The normalized spacial score (nSPS) is 18.9. The minimum atomic E-state index is -0.654. The second kappa shape index (κ2) is 7.05. The lowest BCUT2D eigenvalue weighted by molar-refractivity contribution is -0.155. The van der Waals surface area contributed by atoms with E-state index in [0.717, 1.165) is 18.7 Å². The van der Waals surface area contributed by atoms with Gasteiger partial charge in [-0.3, -0.25) is 9.59 Å². The van der Waals surface area contributed by atoms with Crippen molar-refractivity contribution in [2.75, 3.05) is 25.0 Å². The second-order valence-corrected chi connectivity index (χ2v) is 4.80. The molecule has 0 bridgehead atoms. The Bertz CT molecular complexity index is 459. The van der Waals surface area contributed by atoms with Crippen molar-refractivity contribution in [1.29, 1.82) is 0 Å². The number of benzene rings is 1. The molecule has 1 aliphatic rings. The summed E-state index contributed by atoms with van der Waals surface area (Å²) < 4.78 is 5.42. The molecule has 0 aliphatic carbocycles. The first kappa shape index (κ1) is 14.5. The van der Waals surface area contributed by atoms with Gasteiger partial charge < -0.3 is 15.0 Å². The fourth-order valence-electron chi connectivity index (χ4n) is 2.23. The van der Waals surface area contributed by atoms with Crippen molar-refractivity contribution in [2.24, 2.45) is 0 Å². The van der Waals surface area contributed by atoms with Crippen molar-refractivity contribution in [3.63, 3.8) is 0 Å². The smallest absolute Gasteiger partial charge is 0.252 e. The van der Waals surface area contributed by atoms with E-state index in [4.69, 9.17) is 4.74 Å². The molecule has 1 saturated heterocycles. The summed E-state index contributed by atoms with van der Waals surface area (Å²) in [5.74, 6) is -0.283. The van der Waals surface area contributed by atoms with E-state index in [1.165, 1.54) is 0 Å². The molecule has 1 N–H and O–H groups in total. The van der Waals surface area contributed by atoms with Crippen LogP contribution in [0.15, 0.2) is 30.3 Å². The summed E-state index contributed by atoms with van der Waals surface area (Å²) in [5, 5.41) is 2.77. The number of amides is 2. The number of carbonyl (C=O) groups is 2. The number of ether oxygens (including phenoxy) is 1. The van der Waals surface area contributed by atoms with Gasteiger partial charge in [0.25, 0.3) is 5.91 Å². The third-order valence-electron chi connectivity index (χ3n) is 3.19. The lowest BCUT2D eigenvalue weighted by atomic mass is 10.1. The molecule has 5 nitrogen and oxygen atoms in total. The summed E-state index contributed by atoms with van der Waals surface area (Å²) in [6.07, 6.45) is 0.321. The Morgan fingerprint density at radius 3 is 2.85 bits per heavy atom. The van der Waals surface area contributed by atoms with E-state index in [9.17, 15) is 9.59 Å². The average Bonchev–Trinajstić information content (AvgIpc) is 2.44. The second-order valence-electron chi connectivity index (χ2n) is 4.80. The van der Waals surface area contributed by atoms with Crippen molar-refractivity contribution in [3.8, 4) is 0 Å². The number of hydrogen-bond donors (Lipinski definition) is 1. The van der Waals surface area contributed by atoms with Crippen LogP contribution >= 0.6 is 0 Å². The SMILES string of the molecule is CCCN1CCOC(CC(=O)Nc2ccccc2)C1=O. The zero-order valence-corrected chi connectivity index (χ0v) is 11.7. The quantitative estimate of drug-likeness (QED) is 0.889. The van der Waals surface area contributed by atoms with Crippen LogP contribution in [-0.2, 0) is 14.3 Å². The monoisotopic (exact) mass is 276 g/mol. The number of nitrogens with zero attached hydrogens (tertiary/aromatic N) is 1. The van der Waals surface area contributed by atoms with Crippen molar-refractivity contribution in [2.45, 2.75) is 25.9 Å². The standard InChI is InChI=1S/C15H20N2O3/c1-2-8-17-9-10-20-13(15(17)19)11-14(18)16-12-6-4-3-5-7-12/h3-7,13H,2,8-11H2,1H3,(H,16,18).